The summed E-state index contributed by atoms with van der Waals surface area (Å²) in [5, 5.41) is 12.9. The molecule has 0 aromatic heterocycles. The fourth-order valence-corrected chi connectivity index (χ4v) is 6.96. The minimum absolute atomic E-state index is 0.0704. The number of anilines is 1. The van der Waals surface area contributed by atoms with Crippen molar-refractivity contribution in [1.29, 1.82) is 0 Å². The molecule has 0 saturated carbocycles. The number of nitrogens with one attached hydrogen (secondary N) is 1. The smallest absolute Gasteiger partial charge is 0.421 e. The summed E-state index contributed by atoms with van der Waals surface area (Å²) in [5.41, 5.74) is -4.00. The molecule has 14 heteroatoms. The molecule has 0 radical (unpaired) electrons. The van der Waals surface area contributed by atoms with Gasteiger partial charge in [-0.25, -0.2) is 17.6 Å². The molecule has 2 aromatic carbocycles. The van der Waals surface area contributed by atoms with Crippen molar-refractivity contribution in [1.82, 2.24) is 10.2 Å². The second kappa shape index (κ2) is 11.6. The van der Waals surface area contributed by atoms with E-state index in [2.05, 4.69) is 5.32 Å². The number of halogens is 4. The number of fused-ring (bicyclic) bond motifs is 1. The number of carbonyl (C=O) groups excluding carboxylic acids is 2. The predicted octanol–water partition coefficient (Wildman–Crippen LogP) is 4.62. The number of ether oxygens (including phenoxy) is 1. The van der Waals surface area contributed by atoms with E-state index >= 15 is 0 Å². The number of hydrogen-bond donors (Lipinski definition) is 2. The number of alkyl carbamates (subject to hydrolysis) is 1. The zero-order valence-corrected chi connectivity index (χ0v) is 25.1. The lowest BCUT2D eigenvalue weighted by Gasteiger charge is -2.39. The summed E-state index contributed by atoms with van der Waals surface area (Å²) < 4.78 is 88.3. The molecule has 2 heterocycles. The Morgan fingerprint density at radius 1 is 1.05 bits per heavy atom. The van der Waals surface area contributed by atoms with Crippen LogP contribution in [0, 0.1) is 5.82 Å². The van der Waals surface area contributed by atoms with E-state index in [1.807, 2.05) is 0 Å². The van der Waals surface area contributed by atoms with Crippen LogP contribution >= 0.6 is 0 Å². The Hall–Kier alpha value is -3.39. The van der Waals surface area contributed by atoms with Gasteiger partial charge < -0.3 is 20.1 Å². The Bertz CT molecular complexity index is 1470. The predicted molar refractivity (Wildman–Crippen MR) is 149 cm³/mol. The van der Waals surface area contributed by atoms with Crippen LogP contribution in [0.2, 0.25) is 0 Å². The molecule has 2 N–H and O–H groups in total. The van der Waals surface area contributed by atoms with Crippen molar-refractivity contribution < 1.29 is 45.4 Å². The standard InChI is InChI=1S/C29H35F4N3O6S/c1-27(2,3)42-26(38)34-21-13-14-35(17-21)25(37)16-22-9-5-18-15-19(28(4,39)29(31,32)33)6-12-24(18)36(22)43(40,41)23-10-7-20(30)8-11-23/h6-8,10-12,15,21-22,39H,5,9,13-14,16-17H2,1-4H3,(H,34,38)/t21-,22+,28?/m1/s1. The summed E-state index contributed by atoms with van der Waals surface area (Å²) in [6.07, 6.45) is -5.11. The first-order valence-corrected chi connectivity index (χ1v) is 15.2. The SMILES string of the molecule is CC(C)(C)OC(=O)N[C@@H]1CCN(C(=O)C[C@@H]2CCc3cc(C(C)(O)C(F)(F)F)ccc3N2S(=O)(=O)c2ccc(F)cc2)C1. The Morgan fingerprint density at radius 3 is 2.30 bits per heavy atom. The molecule has 1 unspecified atom stereocenters. The highest BCUT2D eigenvalue weighted by molar-refractivity contribution is 7.92. The van der Waals surface area contributed by atoms with Crippen molar-refractivity contribution in [3.8, 4) is 0 Å². The number of hydrogen-bond acceptors (Lipinski definition) is 6. The molecule has 4 rings (SSSR count). The van der Waals surface area contributed by atoms with E-state index in [1.54, 1.807) is 20.8 Å². The third-order valence-electron chi connectivity index (χ3n) is 7.55. The van der Waals surface area contributed by atoms with Gasteiger partial charge in [-0.2, -0.15) is 13.2 Å². The second-order valence-corrected chi connectivity index (χ2v) is 13.9. The molecular formula is C29H35F4N3O6S. The average Bonchev–Trinajstić information content (AvgIpc) is 3.35. The first-order valence-electron chi connectivity index (χ1n) is 13.8. The van der Waals surface area contributed by atoms with Crippen LogP contribution in [0.15, 0.2) is 47.4 Å². The normalized spacial score (nSPS) is 20.8. The number of sulfonamides is 1. The van der Waals surface area contributed by atoms with E-state index in [0.29, 0.717) is 19.9 Å². The van der Waals surface area contributed by atoms with Gasteiger partial charge in [-0.1, -0.05) is 12.1 Å². The van der Waals surface area contributed by atoms with Crippen molar-refractivity contribution in [2.75, 3.05) is 17.4 Å². The average molecular weight is 630 g/mol. The summed E-state index contributed by atoms with van der Waals surface area (Å²) in [5.74, 6) is -1.02. The quantitative estimate of drug-likeness (QED) is 0.451. The fraction of sp³-hybridized carbons (Fsp3) is 0.517. The highest BCUT2D eigenvalue weighted by Gasteiger charge is 2.51. The molecule has 3 atom stereocenters. The van der Waals surface area contributed by atoms with Crippen molar-refractivity contribution >= 4 is 27.7 Å². The van der Waals surface area contributed by atoms with Crippen LogP contribution < -0.4 is 9.62 Å². The zero-order chi connectivity index (χ0) is 32.0. The molecule has 9 nitrogen and oxygen atoms in total. The van der Waals surface area contributed by atoms with Gasteiger partial charge in [0.05, 0.1) is 22.7 Å². The highest BCUT2D eigenvalue weighted by Crippen LogP contribution is 2.43. The van der Waals surface area contributed by atoms with Crippen LogP contribution in [-0.2, 0) is 31.6 Å². The monoisotopic (exact) mass is 629 g/mol. The maximum absolute atomic E-state index is 13.9. The molecule has 1 saturated heterocycles. The number of nitrogens with zero attached hydrogens (tertiary/aromatic N) is 2. The maximum Gasteiger partial charge on any atom is 0.421 e. The van der Waals surface area contributed by atoms with Crippen molar-refractivity contribution in [3.63, 3.8) is 0 Å². The van der Waals surface area contributed by atoms with Gasteiger partial charge in [0, 0.05) is 19.5 Å². The van der Waals surface area contributed by atoms with Crippen molar-refractivity contribution in [2.24, 2.45) is 0 Å². The third-order valence-corrected chi connectivity index (χ3v) is 9.43. The lowest BCUT2D eigenvalue weighted by molar-refractivity contribution is -0.258. The van der Waals surface area contributed by atoms with Gasteiger partial charge in [-0.15, -0.1) is 0 Å². The minimum atomic E-state index is -4.98. The van der Waals surface area contributed by atoms with E-state index in [1.165, 1.54) is 11.0 Å². The van der Waals surface area contributed by atoms with Gasteiger partial charge in [-0.05, 0) is 88.4 Å². The molecule has 1 fully saturated rings. The third kappa shape index (κ3) is 7.06. The number of rotatable bonds is 6. The number of aliphatic hydroxyl groups is 1. The molecule has 2 aliphatic heterocycles. The first kappa shape index (κ1) is 32.5. The summed E-state index contributed by atoms with van der Waals surface area (Å²) in [4.78, 5) is 26.8. The Labute approximate surface area is 247 Å². The number of aryl methyl sites for hydroxylation is 1. The van der Waals surface area contributed by atoms with Crippen LogP contribution in [-0.4, -0.2) is 67.4 Å². The lowest BCUT2D eigenvalue weighted by Crippen LogP contribution is -2.47. The molecule has 2 aromatic rings. The van der Waals surface area contributed by atoms with Crippen molar-refractivity contribution in [3.05, 3.63) is 59.4 Å². The van der Waals surface area contributed by atoms with Gasteiger partial charge in [0.15, 0.2) is 5.60 Å². The van der Waals surface area contributed by atoms with E-state index < -0.39 is 50.9 Å². The summed E-state index contributed by atoms with van der Waals surface area (Å²) >= 11 is 0. The van der Waals surface area contributed by atoms with E-state index in [9.17, 15) is 40.7 Å². The van der Waals surface area contributed by atoms with Gasteiger partial charge in [0.25, 0.3) is 10.0 Å². The van der Waals surface area contributed by atoms with E-state index in [4.69, 9.17) is 4.74 Å². The Morgan fingerprint density at radius 2 is 1.70 bits per heavy atom. The van der Waals surface area contributed by atoms with Crippen LogP contribution in [0.1, 0.15) is 58.1 Å². The summed E-state index contributed by atoms with van der Waals surface area (Å²) in [6, 6.07) is 6.18. The van der Waals surface area contributed by atoms with E-state index in [-0.39, 0.29) is 53.9 Å². The Balaban J connectivity index is 1.61. The molecule has 0 aliphatic carbocycles. The van der Waals surface area contributed by atoms with Crippen LogP contribution in [0.3, 0.4) is 0 Å². The molecule has 43 heavy (non-hydrogen) atoms. The molecule has 236 valence electrons. The topological polar surface area (TPSA) is 116 Å². The van der Waals surface area contributed by atoms with E-state index in [0.717, 1.165) is 40.7 Å². The molecule has 2 amide bonds. The largest absolute Gasteiger partial charge is 0.444 e. The van der Waals surface area contributed by atoms with Crippen LogP contribution in [0.25, 0.3) is 0 Å². The fourth-order valence-electron chi connectivity index (χ4n) is 5.24. The molecule has 0 spiro atoms. The number of likely N-dealkylation sites (tertiary alicyclic amines) is 1. The van der Waals surface area contributed by atoms with Gasteiger partial charge in [0.1, 0.15) is 11.4 Å². The first-order chi connectivity index (χ1) is 19.8. The lowest BCUT2D eigenvalue weighted by atomic mass is 9.89. The van der Waals surface area contributed by atoms with Gasteiger partial charge in [-0.3, -0.25) is 9.10 Å². The maximum atomic E-state index is 13.9. The summed E-state index contributed by atoms with van der Waals surface area (Å²) in [7, 11) is -4.39. The zero-order valence-electron chi connectivity index (χ0n) is 24.2. The number of amides is 2. The second-order valence-electron chi connectivity index (χ2n) is 12.0. The van der Waals surface area contributed by atoms with Gasteiger partial charge >= 0.3 is 12.3 Å². The van der Waals surface area contributed by atoms with Crippen LogP contribution in [0.4, 0.5) is 28.0 Å². The molecule has 0 bridgehead atoms. The molecule has 2 aliphatic rings. The van der Waals surface area contributed by atoms with Gasteiger partial charge in [0.2, 0.25) is 5.91 Å². The number of benzene rings is 2. The minimum Gasteiger partial charge on any atom is -0.444 e. The number of carbonyl (C=O) groups is 2. The van der Waals surface area contributed by atoms with Crippen molar-refractivity contribution in [2.45, 2.75) is 87.7 Å². The highest BCUT2D eigenvalue weighted by atomic mass is 32.2. The molecular weight excluding hydrogens is 594 g/mol. The number of alkyl halides is 3. The Kier molecular flexibility index (Phi) is 8.77. The summed E-state index contributed by atoms with van der Waals surface area (Å²) in [6.45, 7) is 6.32. The van der Waals surface area contributed by atoms with Crippen LogP contribution in [0.5, 0.6) is 0 Å².